The van der Waals surface area contributed by atoms with Crippen molar-refractivity contribution in [3.05, 3.63) is 0 Å². The highest BCUT2D eigenvalue weighted by Crippen LogP contribution is 2.57. The second-order valence-corrected chi connectivity index (χ2v) is 5.92. The summed E-state index contributed by atoms with van der Waals surface area (Å²) in [6.45, 7) is 4.78. The van der Waals surface area contributed by atoms with Crippen LogP contribution >= 0.6 is 0 Å². The van der Waals surface area contributed by atoms with Gasteiger partial charge in [0, 0.05) is 6.61 Å². The Labute approximate surface area is 92.7 Å². The smallest absolute Gasteiger partial charge is 0.0573 e. The molecule has 0 aromatic rings. The lowest BCUT2D eigenvalue weighted by Crippen LogP contribution is -2.41. The standard InChI is InChI=1S/C13H24O2/c1-9(8-14)10-5-6-11-12(15)4-3-7-13(10,11)2/h9-12,14-15H,3-8H2,1-2H3/t9-,10?,11?,12-,13+/m0/s1. The third-order valence-corrected chi connectivity index (χ3v) is 5.14. The topological polar surface area (TPSA) is 40.5 Å². The molecular weight excluding hydrogens is 188 g/mol. The number of fused-ring (bicyclic) bond motifs is 1. The monoisotopic (exact) mass is 212 g/mol. The second-order valence-electron chi connectivity index (χ2n) is 5.92. The van der Waals surface area contributed by atoms with Gasteiger partial charge in [0.15, 0.2) is 0 Å². The van der Waals surface area contributed by atoms with E-state index in [1.54, 1.807) is 0 Å². The number of aliphatic hydroxyl groups excluding tert-OH is 2. The lowest BCUT2D eigenvalue weighted by Gasteiger charge is -2.45. The molecule has 2 heteroatoms. The normalized spacial score (nSPS) is 47.6. The third-order valence-electron chi connectivity index (χ3n) is 5.14. The molecule has 0 bridgehead atoms. The van der Waals surface area contributed by atoms with E-state index in [-0.39, 0.29) is 6.10 Å². The molecule has 2 aliphatic rings. The first-order chi connectivity index (χ1) is 7.09. The third kappa shape index (κ3) is 1.72. The zero-order valence-corrected chi connectivity index (χ0v) is 9.95. The minimum absolute atomic E-state index is 0.0837. The lowest BCUT2D eigenvalue weighted by molar-refractivity contribution is -0.0321. The first kappa shape index (κ1) is 11.4. The molecule has 0 heterocycles. The molecule has 0 aromatic carbocycles. The van der Waals surface area contributed by atoms with Crippen molar-refractivity contribution >= 4 is 0 Å². The Bertz CT molecular complexity index is 229. The van der Waals surface area contributed by atoms with Crippen LogP contribution < -0.4 is 0 Å². The molecular formula is C13H24O2. The van der Waals surface area contributed by atoms with Gasteiger partial charge in [-0.3, -0.25) is 0 Å². The maximum Gasteiger partial charge on any atom is 0.0573 e. The Hall–Kier alpha value is -0.0800. The highest BCUT2D eigenvalue weighted by Gasteiger charge is 2.51. The Morgan fingerprint density at radius 3 is 2.73 bits per heavy atom. The fourth-order valence-corrected chi connectivity index (χ4v) is 4.25. The molecule has 0 saturated heterocycles. The van der Waals surface area contributed by atoms with Crippen LogP contribution in [0.1, 0.15) is 46.0 Å². The van der Waals surface area contributed by atoms with Crippen molar-refractivity contribution in [3.8, 4) is 0 Å². The summed E-state index contributed by atoms with van der Waals surface area (Å²) in [5.74, 6) is 1.50. The van der Waals surface area contributed by atoms with Gasteiger partial charge in [-0.2, -0.15) is 0 Å². The van der Waals surface area contributed by atoms with Crippen molar-refractivity contribution in [3.63, 3.8) is 0 Å². The van der Waals surface area contributed by atoms with Gasteiger partial charge >= 0.3 is 0 Å². The molecule has 0 amide bonds. The van der Waals surface area contributed by atoms with E-state index in [1.807, 2.05) is 0 Å². The number of hydrogen-bond donors (Lipinski definition) is 2. The van der Waals surface area contributed by atoms with Gasteiger partial charge in [-0.25, -0.2) is 0 Å². The number of aliphatic hydroxyl groups is 2. The first-order valence-corrected chi connectivity index (χ1v) is 6.38. The summed E-state index contributed by atoms with van der Waals surface area (Å²) in [5.41, 5.74) is 0.291. The fourth-order valence-electron chi connectivity index (χ4n) is 4.25. The number of hydrogen-bond acceptors (Lipinski definition) is 2. The van der Waals surface area contributed by atoms with Gasteiger partial charge in [0.25, 0.3) is 0 Å². The van der Waals surface area contributed by atoms with Crippen LogP contribution in [0, 0.1) is 23.2 Å². The van der Waals surface area contributed by atoms with Crippen molar-refractivity contribution in [2.45, 2.75) is 52.1 Å². The van der Waals surface area contributed by atoms with Gasteiger partial charge in [0.2, 0.25) is 0 Å². The quantitative estimate of drug-likeness (QED) is 0.736. The van der Waals surface area contributed by atoms with Crippen molar-refractivity contribution in [2.75, 3.05) is 6.61 Å². The molecule has 2 unspecified atom stereocenters. The summed E-state index contributed by atoms with van der Waals surface area (Å²) in [6, 6.07) is 0. The summed E-state index contributed by atoms with van der Waals surface area (Å²) >= 11 is 0. The molecule has 2 saturated carbocycles. The van der Waals surface area contributed by atoms with E-state index in [9.17, 15) is 10.2 Å². The zero-order valence-electron chi connectivity index (χ0n) is 9.95. The van der Waals surface area contributed by atoms with Crippen LogP contribution in [-0.4, -0.2) is 22.9 Å². The van der Waals surface area contributed by atoms with Crippen LogP contribution in [0.2, 0.25) is 0 Å². The molecule has 0 spiro atoms. The fraction of sp³-hybridized carbons (Fsp3) is 1.00. The Morgan fingerprint density at radius 1 is 1.33 bits per heavy atom. The Morgan fingerprint density at radius 2 is 2.07 bits per heavy atom. The van der Waals surface area contributed by atoms with Gasteiger partial charge in [0.05, 0.1) is 6.10 Å². The lowest BCUT2D eigenvalue weighted by atomic mass is 9.62. The molecule has 5 atom stereocenters. The maximum absolute atomic E-state index is 10.1. The van der Waals surface area contributed by atoms with E-state index < -0.39 is 0 Å². The average Bonchev–Trinajstić information content (AvgIpc) is 2.56. The van der Waals surface area contributed by atoms with E-state index in [2.05, 4.69) is 13.8 Å². The van der Waals surface area contributed by atoms with Crippen LogP contribution in [-0.2, 0) is 0 Å². The maximum atomic E-state index is 10.1. The minimum atomic E-state index is -0.0837. The molecule has 2 aliphatic carbocycles. The molecule has 2 N–H and O–H groups in total. The van der Waals surface area contributed by atoms with Crippen LogP contribution in [0.3, 0.4) is 0 Å². The van der Waals surface area contributed by atoms with Gasteiger partial charge in [0.1, 0.15) is 0 Å². The molecule has 15 heavy (non-hydrogen) atoms. The molecule has 0 radical (unpaired) electrons. The van der Waals surface area contributed by atoms with E-state index in [1.165, 1.54) is 12.8 Å². The summed E-state index contributed by atoms with van der Waals surface area (Å²) < 4.78 is 0. The van der Waals surface area contributed by atoms with Gasteiger partial charge in [-0.1, -0.05) is 20.3 Å². The van der Waals surface area contributed by atoms with Crippen molar-refractivity contribution in [1.29, 1.82) is 0 Å². The molecule has 0 aromatic heterocycles. The van der Waals surface area contributed by atoms with Crippen LogP contribution in [0.25, 0.3) is 0 Å². The average molecular weight is 212 g/mol. The molecule has 2 rings (SSSR count). The Kier molecular flexibility index (Phi) is 3.09. The molecule has 88 valence electrons. The zero-order chi connectivity index (χ0) is 11.1. The van der Waals surface area contributed by atoms with Crippen molar-refractivity contribution in [1.82, 2.24) is 0 Å². The summed E-state index contributed by atoms with van der Waals surface area (Å²) in [7, 11) is 0. The molecule has 2 fully saturated rings. The van der Waals surface area contributed by atoms with E-state index >= 15 is 0 Å². The minimum Gasteiger partial charge on any atom is -0.396 e. The SMILES string of the molecule is C[C@@H](CO)C1CCC2[C@@H](O)CCC[C@]12C. The molecule has 0 aliphatic heterocycles. The van der Waals surface area contributed by atoms with Crippen LogP contribution in [0.5, 0.6) is 0 Å². The highest BCUT2D eigenvalue weighted by atomic mass is 16.3. The van der Waals surface area contributed by atoms with Crippen molar-refractivity contribution in [2.24, 2.45) is 23.2 Å². The van der Waals surface area contributed by atoms with Gasteiger partial charge < -0.3 is 10.2 Å². The van der Waals surface area contributed by atoms with Gasteiger partial charge in [-0.05, 0) is 48.9 Å². The molecule has 2 nitrogen and oxygen atoms in total. The summed E-state index contributed by atoms with van der Waals surface area (Å²) in [5, 5.41) is 19.4. The predicted molar refractivity (Wildman–Crippen MR) is 60.4 cm³/mol. The predicted octanol–water partition coefficient (Wildman–Crippen LogP) is 2.19. The first-order valence-electron chi connectivity index (χ1n) is 6.38. The van der Waals surface area contributed by atoms with E-state index in [0.29, 0.717) is 29.8 Å². The summed E-state index contributed by atoms with van der Waals surface area (Å²) in [4.78, 5) is 0. The Balaban J connectivity index is 2.17. The van der Waals surface area contributed by atoms with E-state index in [4.69, 9.17) is 0 Å². The number of rotatable bonds is 2. The second kappa shape index (κ2) is 4.06. The van der Waals surface area contributed by atoms with Crippen molar-refractivity contribution < 1.29 is 10.2 Å². The summed E-state index contributed by atoms with van der Waals surface area (Å²) in [6.07, 6.45) is 5.65. The largest absolute Gasteiger partial charge is 0.396 e. The van der Waals surface area contributed by atoms with Crippen LogP contribution in [0.4, 0.5) is 0 Å². The highest BCUT2D eigenvalue weighted by molar-refractivity contribution is 5.01. The van der Waals surface area contributed by atoms with E-state index in [0.717, 1.165) is 19.3 Å². The van der Waals surface area contributed by atoms with Gasteiger partial charge in [-0.15, -0.1) is 0 Å². The van der Waals surface area contributed by atoms with Crippen LogP contribution in [0.15, 0.2) is 0 Å².